The molecular weight excluding hydrogens is 130 g/mol. The SMILES string of the molecule is CC1COC(=O)C1(F)F. The lowest BCUT2D eigenvalue weighted by Crippen LogP contribution is -2.28. The standard InChI is InChI=1S/C5H6F2O2/c1-3-2-9-4(8)5(3,6)7/h3H,2H2,1H3. The second-order valence-corrected chi connectivity index (χ2v) is 2.12. The summed E-state index contributed by atoms with van der Waals surface area (Å²) in [6.45, 7) is 1.12. The van der Waals surface area contributed by atoms with Crippen molar-refractivity contribution in [3.63, 3.8) is 0 Å². The van der Waals surface area contributed by atoms with Crippen LogP contribution in [0, 0.1) is 5.92 Å². The number of carbonyl (C=O) groups is 1. The van der Waals surface area contributed by atoms with E-state index in [1.807, 2.05) is 0 Å². The third-order valence-electron chi connectivity index (χ3n) is 1.36. The van der Waals surface area contributed by atoms with Gasteiger partial charge < -0.3 is 4.74 Å². The Balaban J connectivity index is 2.78. The van der Waals surface area contributed by atoms with Gasteiger partial charge in [-0.25, -0.2) is 4.79 Å². The van der Waals surface area contributed by atoms with Crippen molar-refractivity contribution in [1.29, 1.82) is 0 Å². The number of alkyl halides is 2. The molecule has 1 atom stereocenters. The van der Waals surface area contributed by atoms with Gasteiger partial charge in [0.15, 0.2) is 0 Å². The number of carbonyl (C=O) groups excluding carboxylic acids is 1. The highest BCUT2D eigenvalue weighted by atomic mass is 19.3. The van der Waals surface area contributed by atoms with Gasteiger partial charge in [-0.05, 0) is 0 Å². The average Bonchev–Trinajstić information content (AvgIpc) is 1.96. The molecule has 1 heterocycles. The molecule has 9 heavy (non-hydrogen) atoms. The zero-order valence-corrected chi connectivity index (χ0v) is 4.86. The maximum absolute atomic E-state index is 12.3. The highest BCUT2D eigenvalue weighted by Gasteiger charge is 2.51. The summed E-state index contributed by atoms with van der Waals surface area (Å²) in [4.78, 5) is 10.1. The van der Waals surface area contributed by atoms with Crippen LogP contribution in [0.5, 0.6) is 0 Å². The smallest absolute Gasteiger partial charge is 0.377 e. The van der Waals surface area contributed by atoms with Crippen molar-refractivity contribution in [2.75, 3.05) is 6.61 Å². The summed E-state index contributed by atoms with van der Waals surface area (Å²) in [7, 11) is 0. The van der Waals surface area contributed by atoms with Crippen molar-refractivity contribution >= 4 is 5.97 Å². The summed E-state index contributed by atoms with van der Waals surface area (Å²) < 4.78 is 28.6. The Hall–Kier alpha value is -0.670. The van der Waals surface area contributed by atoms with Crippen LogP contribution in [-0.4, -0.2) is 18.5 Å². The van der Waals surface area contributed by atoms with E-state index in [4.69, 9.17) is 0 Å². The molecule has 0 spiro atoms. The van der Waals surface area contributed by atoms with Gasteiger partial charge in [0, 0.05) is 0 Å². The molecule has 2 nitrogen and oxygen atoms in total. The molecule has 0 saturated carbocycles. The van der Waals surface area contributed by atoms with Gasteiger partial charge >= 0.3 is 11.9 Å². The predicted molar refractivity (Wildman–Crippen MR) is 25.1 cm³/mol. The number of ether oxygens (including phenoxy) is 1. The summed E-state index contributed by atoms with van der Waals surface area (Å²) in [6.07, 6.45) is 0. The quantitative estimate of drug-likeness (QED) is 0.461. The predicted octanol–water partition coefficient (Wildman–Crippen LogP) is 0.815. The number of hydrogen-bond acceptors (Lipinski definition) is 2. The molecule has 0 aromatic heterocycles. The number of esters is 1. The molecule has 0 aromatic rings. The molecule has 52 valence electrons. The van der Waals surface area contributed by atoms with E-state index in [0.29, 0.717) is 0 Å². The van der Waals surface area contributed by atoms with Crippen LogP contribution < -0.4 is 0 Å². The van der Waals surface area contributed by atoms with E-state index in [2.05, 4.69) is 4.74 Å². The fraction of sp³-hybridized carbons (Fsp3) is 0.800. The van der Waals surface area contributed by atoms with Crippen molar-refractivity contribution in [3.05, 3.63) is 0 Å². The van der Waals surface area contributed by atoms with Gasteiger partial charge in [-0.3, -0.25) is 0 Å². The minimum absolute atomic E-state index is 0.161. The first-order valence-corrected chi connectivity index (χ1v) is 2.60. The Kier molecular flexibility index (Phi) is 1.18. The van der Waals surface area contributed by atoms with Crippen LogP contribution in [0.25, 0.3) is 0 Å². The van der Waals surface area contributed by atoms with Crippen LogP contribution >= 0.6 is 0 Å². The monoisotopic (exact) mass is 136 g/mol. The summed E-state index contributed by atoms with van der Waals surface area (Å²) in [5.74, 6) is -5.61. The average molecular weight is 136 g/mol. The van der Waals surface area contributed by atoms with Crippen LogP contribution in [-0.2, 0) is 9.53 Å². The third-order valence-corrected chi connectivity index (χ3v) is 1.36. The van der Waals surface area contributed by atoms with E-state index in [9.17, 15) is 13.6 Å². The minimum atomic E-state index is -3.25. The van der Waals surface area contributed by atoms with Crippen molar-refractivity contribution in [2.24, 2.45) is 5.92 Å². The Morgan fingerprint density at radius 3 is 2.44 bits per heavy atom. The van der Waals surface area contributed by atoms with Gasteiger partial charge in [-0.15, -0.1) is 0 Å². The molecule has 1 aliphatic heterocycles. The lowest BCUT2D eigenvalue weighted by molar-refractivity contribution is -0.159. The summed E-state index contributed by atoms with van der Waals surface area (Å²) in [5.41, 5.74) is 0. The Bertz CT molecular complexity index is 144. The highest BCUT2D eigenvalue weighted by molar-refractivity contribution is 5.79. The highest BCUT2D eigenvalue weighted by Crippen LogP contribution is 2.31. The molecule has 1 unspecified atom stereocenters. The van der Waals surface area contributed by atoms with Gasteiger partial charge in [-0.2, -0.15) is 8.78 Å². The first kappa shape index (κ1) is 6.45. The maximum atomic E-state index is 12.3. The van der Waals surface area contributed by atoms with Crippen molar-refractivity contribution in [1.82, 2.24) is 0 Å². The second-order valence-electron chi connectivity index (χ2n) is 2.12. The van der Waals surface area contributed by atoms with Crippen LogP contribution in [0.1, 0.15) is 6.92 Å². The first-order chi connectivity index (χ1) is 4.05. The molecule has 1 aliphatic rings. The lowest BCUT2D eigenvalue weighted by atomic mass is 10.1. The van der Waals surface area contributed by atoms with Crippen LogP contribution in [0.4, 0.5) is 8.78 Å². The molecule has 1 rings (SSSR count). The van der Waals surface area contributed by atoms with Crippen LogP contribution in [0.15, 0.2) is 0 Å². The molecule has 1 fully saturated rings. The Labute approximate surface area is 50.8 Å². The molecule has 0 bridgehead atoms. The summed E-state index contributed by atoms with van der Waals surface area (Å²) >= 11 is 0. The van der Waals surface area contributed by atoms with Crippen LogP contribution in [0.3, 0.4) is 0 Å². The van der Waals surface area contributed by atoms with E-state index in [0.717, 1.165) is 0 Å². The summed E-state index contributed by atoms with van der Waals surface area (Å²) in [5, 5.41) is 0. The van der Waals surface area contributed by atoms with E-state index in [-0.39, 0.29) is 6.61 Å². The third kappa shape index (κ3) is 0.781. The van der Waals surface area contributed by atoms with E-state index < -0.39 is 17.8 Å². The van der Waals surface area contributed by atoms with Gasteiger partial charge in [0.1, 0.15) is 6.61 Å². The number of rotatable bonds is 0. The van der Waals surface area contributed by atoms with Crippen molar-refractivity contribution in [3.8, 4) is 0 Å². The van der Waals surface area contributed by atoms with Gasteiger partial charge in [-0.1, -0.05) is 6.92 Å². The fourth-order valence-electron chi connectivity index (χ4n) is 0.603. The minimum Gasteiger partial charge on any atom is -0.461 e. The second kappa shape index (κ2) is 1.65. The normalized spacial score (nSPS) is 32.3. The topological polar surface area (TPSA) is 26.3 Å². The van der Waals surface area contributed by atoms with Crippen molar-refractivity contribution < 1.29 is 18.3 Å². The molecule has 4 heteroatoms. The Morgan fingerprint density at radius 2 is 2.33 bits per heavy atom. The fourth-order valence-corrected chi connectivity index (χ4v) is 0.603. The van der Waals surface area contributed by atoms with Crippen LogP contribution in [0.2, 0.25) is 0 Å². The number of halogens is 2. The lowest BCUT2D eigenvalue weighted by Gasteiger charge is -2.06. The molecule has 0 N–H and O–H groups in total. The van der Waals surface area contributed by atoms with Gasteiger partial charge in [0.25, 0.3) is 0 Å². The van der Waals surface area contributed by atoms with E-state index in [1.165, 1.54) is 6.92 Å². The molecule has 1 saturated heterocycles. The van der Waals surface area contributed by atoms with E-state index in [1.54, 1.807) is 0 Å². The zero-order valence-electron chi connectivity index (χ0n) is 4.86. The van der Waals surface area contributed by atoms with Crippen molar-refractivity contribution in [2.45, 2.75) is 12.8 Å². The molecule has 0 aliphatic carbocycles. The number of cyclic esters (lactones) is 1. The van der Waals surface area contributed by atoms with E-state index >= 15 is 0 Å². The van der Waals surface area contributed by atoms with Gasteiger partial charge in [0.2, 0.25) is 0 Å². The number of hydrogen-bond donors (Lipinski definition) is 0. The first-order valence-electron chi connectivity index (χ1n) is 2.60. The Morgan fingerprint density at radius 1 is 1.78 bits per heavy atom. The molecule has 0 aromatic carbocycles. The zero-order chi connectivity index (χ0) is 7.07. The van der Waals surface area contributed by atoms with Gasteiger partial charge in [0.05, 0.1) is 5.92 Å². The molecule has 0 radical (unpaired) electrons. The summed E-state index contributed by atoms with van der Waals surface area (Å²) in [6, 6.07) is 0. The maximum Gasteiger partial charge on any atom is 0.377 e. The molecular formula is C5H6F2O2. The molecule has 0 amide bonds. The largest absolute Gasteiger partial charge is 0.461 e.